The third kappa shape index (κ3) is 3.32. The fraction of sp³-hybridized carbons (Fsp3) is 0.333. The highest BCUT2D eigenvalue weighted by Crippen LogP contribution is 2.24. The van der Waals surface area contributed by atoms with Crippen LogP contribution in [-0.2, 0) is 16.6 Å². The largest absolute Gasteiger partial charge is 0.392 e. The van der Waals surface area contributed by atoms with E-state index in [0.29, 0.717) is 5.69 Å². The van der Waals surface area contributed by atoms with Crippen molar-refractivity contribution in [1.82, 2.24) is 0 Å². The Hall–Kier alpha value is -0.340. The van der Waals surface area contributed by atoms with E-state index in [1.54, 1.807) is 19.1 Å². The van der Waals surface area contributed by atoms with E-state index in [1.165, 1.54) is 0 Å². The summed E-state index contributed by atoms with van der Waals surface area (Å²) in [6.07, 6.45) is 1.10. The number of hydrogen-bond donors (Lipinski definition) is 2. The lowest BCUT2D eigenvalue weighted by Gasteiger charge is -2.12. The number of hydrogen-bond acceptors (Lipinski definition) is 3. The first-order valence-electron chi connectivity index (χ1n) is 4.22. The Morgan fingerprint density at radius 2 is 2.07 bits per heavy atom. The molecule has 0 bridgehead atoms. The molecule has 4 nitrogen and oxygen atoms in total. The van der Waals surface area contributed by atoms with Gasteiger partial charge in [0.15, 0.2) is 0 Å². The lowest BCUT2D eigenvalue weighted by Crippen LogP contribution is -2.11. The Kier molecular flexibility index (Phi) is 3.96. The van der Waals surface area contributed by atoms with Crippen LogP contribution < -0.4 is 4.72 Å². The van der Waals surface area contributed by atoms with E-state index in [2.05, 4.69) is 27.3 Å². The molecule has 1 rings (SSSR count). The third-order valence-corrected chi connectivity index (χ3v) is 3.60. The summed E-state index contributed by atoms with van der Waals surface area (Å²) in [4.78, 5) is 0. The van der Waals surface area contributed by atoms with Crippen molar-refractivity contribution in [2.75, 3.05) is 11.0 Å². The summed E-state index contributed by atoms with van der Waals surface area (Å²) in [7, 11) is -3.27. The molecule has 0 aromatic heterocycles. The van der Waals surface area contributed by atoms with Gasteiger partial charge in [-0.2, -0.15) is 0 Å². The first-order valence-corrected chi connectivity index (χ1v) is 7.19. The van der Waals surface area contributed by atoms with E-state index >= 15 is 0 Å². The van der Waals surface area contributed by atoms with Crippen molar-refractivity contribution < 1.29 is 13.5 Å². The van der Waals surface area contributed by atoms with Gasteiger partial charge in [-0.15, -0.1) is 0 Å². The van der Waals surface area contributed by atoms with E-state index in [4.69, 9.17) is 5.11 Å². The van der Waals surface area contributed by atoms with Gasteiger partial charge in [0, 0.05) is 3.57 Å². The smallest absolute Gasteiger partial charge is 0.229 e. The highest BCUT2D eigenvalue weighted by atomic mass is 127. The van der Waals surface area contributed by atoms with Crippen LogP contribution in [-0.4, -0.2) is 19.8 Å². The summed E-state index contributed by atoms with van der Waals surface area (Å²) in [5.41, 5.74) is 2.03. The van der Waals surface area contributed by atoms with Crippen LogP contribution in [0, 0.1) is 10.5 Å². The molecule has 6 heteroatoms. The van der Waals surface area contributed by atoms with Gasteiger partial charge < -0.3 is 5.11 Å². The van der Waals surface area contributed by atoms with Gasteiger partial charge in [-0.25, -0.2) is 8.42 Å². The lowest BCUT2D eigenvalue weighted by atomic mass is 10.1. The van der Waals surface area contributed by atoms with Gasteiger partial charge in [-0.1, -0.05) is 0 Å². The number of halogens is 1. The Labute approximate surface area is 103 Å². The molecule has 2 N–H and O–H groups in total. The van der Waals surface area contributed by atoms with E-state index in [0.717, 1.165) is 21.0 Å². The quantitative estimate of drug-likeness (QED) is 0.818. The minimum absolute atomic E-state index is 0.0939. The lowest BCUT2D eigenvalue weighted by molar-refractivity contribution is 0.280. The molecule has 0 amide bonds. The number of rotatable bonds is 3. The first kappa shape index (κ1) is 12.7. The summed E-state index contributed by atoms with van der Waals surface area (Å²) in [5, 5.41) is 9.14. The normalized spacial score (nSPS) is 11.5. The van der Waals surface area contributed by atoms with Crippen LogP contribution in [0.5, 0.6) is 0 Å². The van der Waals surface area contributed by atoms with E-state index in [9.17, 15) is 8.42 Å². The van der Waals surface area contributed by atoms with Gasteiger partial charge in [0.2, 0.25) is 10.0 Å². The number of nitrogens with one attached hydrogen (secondary N) is 1. The number of sulfonamides is 1. The zero-order chi connectivity index (χ0) is 11.6. The average Bonchev–Trinajstić information content (AvgIpc) is 2.09. The highest BCUT2D eigenvalue weighted by Gasteiger charge is 2.10. The molecule has 0 unspecified atom stereocenters. The summed E-state index contributed by atoms with van der Waals surface area (Å²) in [6, 6.07) is 3.46. The molecule has 0 spiro atoms. The molecular formula is C9H12INO3S. The van der Waals surface area contributed by atoms with Gasteiger partial charge in [-0.05, 0) is 52.8 Å². The van der Waals surface area contributed by atoms with E-state index in [1.807, 2.05) is 0 Å². The van der Waals surface area contributed by atoms with Crippen LogP contribution in [0.25, 0.3) is 0 Å². The SMILES string of the molecule is Cc1c(NS(C)(=O)=O)ccc(I)c1CO. The molecule has 1 aromatic carbocycles. The molecule has 0 atom stereocenters. The maximum Gasteiger partial charge on any atom is 0.229 e. The maximum absolute atomic E-state index is 11.1. The van der Waals surface area contributed by atoms with Gasteiger partial charge in [0.1, 0.15) is 0 Å². The van der Waals surface area contributed by atoms with Crippen molar-refractivity contribution in [2.24, 2.45) is 0 Å². The highest BCUT2D eigenvalue weighted by molar-refractivity contribution is 14.1. The summed E-state index contributed by atoms with van der Waals surface area (Å²) in [6.45, 7) is 1.69. The molecule has 0 aliphatic heterocycles. The Morgan fingerprint density at radius 1 is 1.47 bits per heavy atom. The molecule has 0 radical (unpaired) electrons. The van der Waals surface area contributed by atoms with Crippen LogP contribution in [0.3, 0.4) is 0 Å². The van der Waals surface area contributed by atoms with Gasteiger partial charge in [0.25, 0.3) is 0 Å². The fourth-order valence-electron chi connectivity index (χ4n) is 1.23. The van der Waals surface area contributed by atoms with Crippen molar-refractivity contribution in [2.45, 2.75) is 13.5 Å². The van der Waals surface area contributed by atoms with Crippen LogP contribution >= 0.6 is 22.6 Å². The van der Waals surface area contributed by atoms with Crippen molar-refractivity contribution >= 4 is 38.3 Å². The number of anilines is 1. The van der Waals surface area contributed by atoms with Gasteiger partial charge >= 0.3 is 0 Å². The molecule has 0 saturated carbocycles. The van der Waals surface area contributed by atoms with Crippen molar-refractivity contribution in [3.63, 3.8) is 0 Å². The molecular weight excluding hydrogens is 329 g/mol. The minimum atomic E-state index is -3.27. The van der Waals surface area contributed by atoms with Crippen molar-refractivity contribution in [3.8, 4) is 0 Å². The van der Waals surface area contributed by atoms with Crippen molar-refractivity contribution in [3.05, 3.63) is 26.8 Å². The molecule has 1 aromatic rings. The van der Waals surface area contributed by atoms with E-state index in [-0.39, 0.29) is 6.61 Å². The van der Waals surface area contributed by atoms with Crippen LogP contribution in [0.2, 0.25) is 0 Å². The molecule has 0 saturated heterocycles. The Bertz CT molecular complexity index is 470. The maximum atomic E-state index is 11.1. The molecule has 0 fully saturated rings. The second-order valence-corrected chi connectivity index (χ2v) is 6.14. The van der Waals surface area contributed by atoms with Gasteiger partial charge in [0.05, 0.1) is 18.6 Å². The summed E-state index contributed by atoms with van der Waals surface area (Å²) < 4.78 is 25.5. The number of benzene rings is 1. The van der Waals surface area contributed by atoms with Gasteiger partial charge in [-0.3, -0.25) is 4.72 Å². The minimum Gasteiger partial charge on any atom is -0.392 e. The molecule has 0 heterocycles. The molecule has 0 aliphatic carbocycles. The standard InChI is InChI=1S/C9H12INO3S/c1-6-7(5-12)8(10)3-4-9(6)11-15(2,13)14/h3-4,11-12H,5H2,1-2H3. The van der Waals surface area contributed by atoms with E-state index < -0.39 is 10.0 Å². The Morgan fingerprint density at radius 3 is 2.53 bits per heavy atom. The molecule has 0 aliphatic rings. The number of aliphatic hydroxyl groups excluding tert-OH is 1. The Balaban J connectivity index is 3.22. The predicted molar refractivity (Wildman–Crippen MR) is 68.3 cm³/mol. The van der Waals surface area contributed by atoms with Crippen molar-refractivity contribution in [1.29, 1.82) is 0 Å². The number of aliphatic hydroxyl groups is 1. The fourth-order valence-corrected chi connectivity index (χ4v) is 2.60. The molecule has 84 valence electrons. The second-order valence-electron chi connectivity index (χ2n) is 3.23. The molecule has 15 heavy (non-hydrogen) atoms. The monoisotopic (exact) mass is 341 g/mol. The topological polar surface area (TPSA) is 66.4 Å². The third-order valence-electron chi connectivity index (χ3n) is 1.99. The van der Waals surface area contributed by atoms with Crippen LogP contribution in [0.15, 0.2) is 12.1 Å². The van der Waals surface area contributed by atoms with Crippen LogP contribution in [0.1, 0.15) is 11.1 Å². The summed E-state index contributed by atoms with van der Waals surface area (Å²) in [5.74, 6) is 0. The predicted octanol–water partition coefficient (Wildman–Crippen LogP) is 1.46. The second kappa shape index (κ2) is 4.67. The zero-order valence-electron chi connectivity index (χ0n) is 8.41. The average molecular weight is 341 g/mol. The van der Waals surface area contributed by atoms with Crippen LogP contribution in [0.4, 0.5) is 5.69 Å². The summed E-state index contributed by atoms with van der Waals surface area (Å²) >= 11 is 2.10. The zero-order valence-corrected chi connectivity index (χ0v) is 11.4. The first-order chi connectivity index (χ1) is 6.85.